The molecular weight excluding hydrogens is 1490 g/mol. The first-order valence-corrected chi connectivity index (χ1v) is 38.1. The highest BCUT2D eigenvalue weighted by Crippen LogP contribution is 2.43. The number of urea groups is 4. The van der Waals surface area contributed by atoms with Gasteiger partial charge in [0.2, 0.25) is 0 Å². The van der Waals surface area contributed by atoms with Crippen molar-refractivity contribution in [1.82, 2.24) is 62.5 Å². The van der Waals surface area contributed by atoms with E-state index < -0.39 is 17.0 Å². The number of phenols is 4. The normalized spacial score (nSPS) is 16.7. The number of nitro groups is 1. The first-order chi connectivity index (χ1) is 52.9. The van der Waals surface area contributed by atoms with Gasteiger partial charge >= 0.3 is 24.1 Å². The molecule has 554 valence electrons. The summed E-state index contributed by atoms with van der Waals surface area (Å²) in [7, 11) is 0. The van der Waals surface area contributed by atoms with Crippen molar-refractivity contribution in [1.29, 1.82) is 0 Å². The maximum absolute atomic E-state index is 12.0. The molecule has 0 saturated carbocycles. The number of hydrogen-bond donors (Lipinski definition) is 12. The van der Waals surface area contributed by atoms with Gasteiger partial charge in [-0.15, -0.1) is 45.3 Å². The predicted octanol–water partition coefficient (Wildman–Crippen LogP) is 18.4. The number of nitro benzene ring substituents is 1. The summed E-state index contributed by atoms with van der Waals surface area (Å²) in [4.78, 5) is 77.6. The smallest absolute Gasteiger partial charge is 0.319 e. The van der Waals surface area contributed by atoms with Crippen LogP contribution in [-0.2, 0) is 0 Å². The molecule has 28 heteroatoms. The number of amides is 8. The Morgan fingerprint density at radius 2 is 0.591 bits per heavy atom. The Morgan fingerprint density at radius 3 is 0.827 bits per heavy atom. The maximum atomic E-state index is 12.0. The SMILES string of the molecule is CC1=C(c2nc(-c3ccc(C)cc3)cs2)C(c2cccc(O)c2)NC(=O)N1.CC1=C(c2nc(-c3ccc(C)cc3)cs2)C(c2cccc(O)c2)NC(=O)N1.CC1=C(c2nc(-c3ccc(Cl)cc3)cs2)C(c2cccc(O)c2)NC(=O)N1.CC1=C(c2nc(-c3ccc([N+](=O)[O-])cc3)cs2)C(c2cccc(O)c2)NC(=O)N1. The second-order valence-electron chi connectivity index (χ2n) is 25.9. The van der Waals surface area contributed by atoms with E-state index in [1.54, 1.807) is 91.9 Å². The van der Waals surface area contributed by atoms with Crippen molar-refractivity contribution in [2.45, 2.75) is 65.7 Å². The Labute approximate surface area is 652 Å². The number of nitrogens with one attached hydrogen (secondary N) is 8. The van der Waals surface area contributed by atoms with Crippen molar-refractivity contribution in [3.8, 4) is 68.0 Å². The molecule has 16 rings (SSSR count). The van der Waals surface area contributed by atoms with Crippen LogP contribution in [0.25, 0.3) is 67.3 Å². The molecule has 0 aliphatic carbocycles. The highest BCUT2D eigenvalue weighted by atomic mass is 35.5. The van der Waals surface area contributed by atoms with Gasteiger partial charge in [0.1, 0.15) is 43.0 Å². The van der Waals surface area contributed by atoms with Crippen molar-refractivity contribution in [3.63, 3.8) is 0 Å². The number of nitrogens with zero attached hydrogens (tertiary/aromatic N) is 5. The van der Waals surface area contributed by atoms with E-state index in [1.165, 1.54) is 68.6 Å². The minimum atomic E-state index is -0.466. The van der Waals surface area contributed by atoms with Crippen molar-refractivity contribution in [2.24, 2.45) is 0 Å². The fraction of sp³-hybridized carbons (Fsp3) is 0.122. The molecule has 110 heavy (non-hydrogen) atoms. The zero-order valence-corrected chi connectivity index (χ0v) is 63.6. The van der Waals surface area contributed by atoms with E-state index in [1.807, 2.05) is 90.8 Å². The van der Waals surface area contributed by atoms with Gasteiger partial charge in [0.05, 0.1) is 51.9 Å². The molecule has 8 heterocycles. The Kier molecular flexibility index (Phi) is 22.7. The van der Waals surface area contributed by atoms with Gasteiger partial charge in [-0.3, -0.25) is 10.1 Å². The number of aryl methyl sites for hydroxylation is 2. The molecule has 4 aromatic heterocycles. The third kappa shape index (κ3) is 17.6. The molecule has 0 bridgehead atoms. The molecule has 23 nitrogen and oxygen atoms in total. The maximum Gasteiger partial charge on any atom is 0.319 e. The van der Waals surface area contributed by atoms with Crippen LogP contribution in [0.3, 0.4) is 0 Å². The molecule has 8 amide bonds. The first-order valence-electron chi connectivity index (χ1n) is 34.2. The van der Waals surface area contributed by atoms with Crippen LogP contribution in [0.15, 0.2) is 238 Å². The summed E-state index contributed by atoms with van der Waals surface area (Å²) in [6.45, 7) is 11.5. The lowest BCUT2D eigenvalue weighted by atomic mass is 9.96. The number of carbonyl (C=O) groups excluding carboxylic acids is 4. The number of phenolic OH excluding ortho intramolecular Hbond substituents is 4. The number of allylic oxidation sites excluding steroid dienone is 4. The monoisotopic (exact) mass is 1560 g/mol. The van der Waals surface area contributed by atoms with E-state index in [4.69, 9.17) is 26.6 Å². The van der Waals surface area contributed by atoms with Gasteiger partial charge in [-0.05, 0) is 137 Å². The Bertz CT molecular complexity index is 5230. The summed E-state index contributed by atoms with van der Waals surface area (Å²) in [5, 5.41) is 84.9. The summed E-state index contributed by atoms with van der Waals surface area (Å²) < 4.78 is 0. The summed E-state index contributed by atoms with van der Waals surface area (Å²) >= 11 is 12.0. The summed E-state index contributed by atoms with van der Waals surface area (Å²) in [6.07, 6.45) is 0. The number of rotatable bonds is 13. The Morgan fingerprint density at radius 1 is 0.355 bits per heavy atom. The van der Waals surface area contributed by atoms with Crippen molar-refractivity contribution in [3.05, 3.63) is 307 Å². The van der Waals surface area contributed by atoms with Gasteiger partial charge < -0.3 is 63.0 Å². The molecule has 4 aliphatic rings. The van der Waals surface area contributed by atoms with E-state index in [0.717, 1.165) is 116 Å². The van der Waals surface area contributed by atoms with Gasteiger partial charge in [0.15, 0.2) is 0 Å². The number of thiazole rings is 4. The van der Waals surface area contributed by atoms with Crippen LogP contribution >= 0.6 is 56.9 Å². The number of aromatic hydroxyl groups is 4. The third-order valence-electron chi connectivity index (χ3n) is 18.0. The topological polar surface area (TPSA) is 340 Å². The number of halogens is 1. The standard InChI is InChI=1S/2C21H19N3O2S.C20H16ClN3O2S.C20H16N4O4S/c2*1-12-6-8-14(9-7-12)17-11-27-20(23-17)18-13(2)22-21(26)24-19(18)15-4-3-5-16(25)10-15;1-11-17(18(24-20(26)22-11)13-3-2-4-15(25)9-13)19-23-16(10-27-19)12-5-7-14(21)8-6-12;1-11-17(18(23-20(26)21-11)13-3-2-4-15(25)9-13)19-22-16(10-29-19)12-5-7-14(8-6-12)24(27)28/h2*3-11,19,25H,1-2H3,(H2,22,24,26);2-10,18,25H,1H3,(H2,22,24,26);2-10,18,25H,1H3,(H2,21,23,26). The van der Waals surface area contributed by atoms with Gasteiger partial charge in [0, 0.05) is 106 Å². The molecule has 0 saturated heterocycles. The molecule has 4 atom stereocenters. The van der Waals surface area contributed by atoms with E-state index >= 15 is 0 Å². The lowest BCUT2D eigenvalue weighted by Gasteiger charge is -2.28. The highest BCUT2D eigenvalue weighted by Gasteiger charge is 2.34. The van der Waals surface area contributed by atoms with E-state index in [-0.39, 0.29) is 64.9 Å². The van der Waals surface area contributed by atoms with E-state index in [0.29, 0.717) is 21.4 Å². The van der Waals surface area contributed by atoms with Crippen LogP contribution in [0.1, 0.15) is 105 Å². The molecule has 0 spiro atoms. The summed E-state index contributed by atoms with van der Waals surface area (Å²) in [5.41, 5.74) is 19.2. The lowest BCUT2D eigenvalue weighted by Crippen LogP contribution is -2.42. The quantitative estimate of drug-likeness (QED) is 0.0377. The summed E-state index contributed by atoms with van der Waals surface area (Å²) in [5.74, 6) is 0.588. The average molecular weight is 1560 g/mol. The van der Waals surface area contributed by atoms with Crippen molar-refractivity contribution >= 4 is 109 Å². The number of non-ortho nitro benzene ring substituents is 1. The largest absolute Gasteiger partial charge is 0.508 e. The minimum absolute atomic E-state index is 0.0194. The van der Waals surface area contributed by atoms with Gasteiger partial charge in [-0.1, -0.05) is 132 Å². The Balaban J connectivity index is 0.000000129. The van der Waals surface area contributed by atoms with Crippen molar-refractivity contribution < 1.29 is 44.5 Å². The molecule has 4 unspecified atom stereocenters. The predicted molar refractivity (Wildman–Crippen MR) is 432 cm³/mol. The number of carbonyl (C=O) groups is 4. The lowest BCUT2D eigenvalue weighted by molar-refractivity contribution is -0.384. The summed E-state index contributed by atoms with van der Waals surface area (Å²) in [6, 6.07) is 54.9. The molecule has 8 aromatic carbocycles. The van der Waals surface area contributed by atoms with Crippen LogP contribution in [0.4, 0.5) is 24.9 Å². The van der Waals surface area contributed by atoms with E-state index in [2.05, 4.69) is 110 Å². The van der Waals surface area contributed by atoms with Gasteiger partial charge in [0.25, 0.3) is 5.69 Å². The molecule has 12 aromatic rings. The number of aromatic nitrogens is 4. The molecule has 12 N–H and O–H groups in total. The second-order valence-corrected chi connectivity index (χ2v) is 29.7. The van der Waals surface area contributed by atoms with Crippen LogP contribution in [0.2, 0.25) is 5.02 Å². The minimum Gasteiger partial charge on any atom is -0.508 e. The first kappa shape index (κ1) is 75.4. The van der Waals surface area contributed by atoms with Crippen LogP contribution in [-0.4, -0.2) is 69.4 Å². The van der Waals surface area contributed by atoms with Crippen molar-refractivity contribution in [2.75, 3.05) is 0 Å². The van der Waals surface area contributed by atoms with Crippen LogP contribution < -0.4 is 42.5 Å². The van der Waals surface area contributed by atoms with Crippen LogP contribution in [0.5, 0.6) is 23.0 Å². The number of benzene rings is 8. The van der Waals surface area contributed by atoms with Gasteiger partial charge in [-0.2, -0.15) is 0 Å². The van der Waals surface area contributed by atoms with E-state index in [9.17, 15) is 49.7 Å². The van der Waals surface area contributed by atoms with Gasteiger partial charge in [-0.25, -0.2) is 39.1 Å². The molecule has 4 aliphatic heterocycles. The average Bonchev–Trinajstić information content (AvgIpc) is 1.50. The number of hydrogen-bond acceptors (Lipinski definition) is 18. The Hall–Kier alpha value is -12.8. The zero-order valence-electron chi connectivity index (χ0n) is 59.6. The zero-order chi connectivity index (χ0) is 77.4. The fourth-order valence-electron chi connectivity index (χ4n) is 12.7. The molecular formula is C82H70ClN13O10S4. The fourth-order valence-corrected chi connectivity index (χ4v) is 16.6. The second kappa shape index (κ2) is 33.1. The highest BCUT2D eigenvalue weighted by molar-refractivity contribution is 7.12. The third-order valence-corrected chi connectivity index (χ3v) is 21.8. The molecule has 0 radical (unpaired) electrons. The molecule has 0 fully saturated rings. The van der Waals surface area contributed by atoms with Crippen LogP contribution in [0, 0.1) is 24.0 Å².